The standard InChI is InChI=1S/C36H28N6O3/c1-21-29(17-37)32-38-18-24-16-28(22-8-4-3-5-9-22)30(39-31(24)42(32)40-21)23-12-14-25(15-13-23)36(19-35(2,45)20-36)41-33(43)26-10-6-7-11-27(26)34(41)44/h3-6,8-10,12-16,18,45H,7,11,19-20H2,1-2H3. The molecule has 4 heterocycles. The average Bonchev–Trinajstić information content (AvgIpc) is 3.51. The number of carbonyl (C=O) groups excluding carboxylic acids is 2. The predicted molar refractivity (Wildman–Crippen MR) is 167 cm³/mol. The quantitative estimate of drug-likeness (QED) is 0.272. The van der Waals surface area contributed by atoms with Gasteiger partial charge in [0.05, 0.1) is 22.5 Å². The van der Waals surface area contributed by atoms with Crippen LogP contribution in [0.25, 0.3) is 39.1 Å². The van der Waals surface area contributed by atoms with Crippen LogP contribution in [-0.2, 0) is 15.1 Å². The molecule has 2 aromatic carbocycles. The van der Waals surface area contributed by atoms with Gasteiger partial charge < -0.3 is 5.11 Å². The van der Waals surface area contributed by atoms with Crippen LogP contribution in [0.2, 0.25) is 0 Å². The Labute approximate surface area is 258 Å². The molecule has 0 unspecified atom stereocenters. The molecular formula is C36H28N6O3. The maximum atomic E-state index is 13.6. The first-order chi connectivity index (χ1) is 21.7. The number of aryl methyl sites for hydroxylation is 1. The fourth-order valence-corrected chi connectivity index (χ4v) is 7.35. The van der Waals surface area contributed by atoms with Crippen molar-refractivity contribution in [3.8, 4) is 28.5 Å². The second kappa shape index (κ2) is 9.52. The second-order valence-corrected chi connectivity index (χ2v) is 12.5. The summed E-state index contributed by atoms with van der Waals surface area (Å²) in [6, 6.07) is 22.0. The lowest BCUT2D eigenvalue weighted by Crippen LogP contribution is -2.63. The number of nitrogens with zero attached hydrogens (tertiary/aromatic N) is 6. The van der Waals surface area contributed by atoms with Crippen molar-refractivity contribution in [2.75, 3.05) is 0 Å². The number of pyridine rings is 1. The number of amides is 2. The van der Waals surface area contributed by atoms with Crippen molar-refractivity contribution in [1.29, 1.82) is 5.26 Å². The molecule has 220 valence electrons. The van der Waals surface area contributed by atoms with Crippen molar-refractivity contribution in [2.45, 2.75) is 50.7 Å². The van der Waals surface area contributed by atoms with Gasteiger partial charge in [0.1, 0.15) is 11.6 Å². The highest BCUT2D eigenvalue weighted by molar-refractivity contribution is 6.21. The van der Waals surface area contributed by atoms with E-state index in [1.165, 1.54) is 4.90 Å². The number of hydrogen-bond acceptors (Lipinski definition) is 7. The zero-order chi connectivity index (χ0) is 31.1. The highest BCUT2D eigenvalue weighted by atomic mass is 16.3. The number of allylic oxidation sites excluding steroid dienone is 1. The number of fused-ring (bicyclic) bond motifs is 3. The van der Waals surface area contributed by atoms with Gasteiger partial charge in [0, 0.05) is 46.7 Å². The van der Waals surface area contributed by atoms with Crippen LogP contribution in [-0.4, -0.2) is 47.0 Å². The summed E-state index contributed by atoms with van der Waals surface area (Å²) >= 11 is 0. The Kier molecular flexibility index (Phi) is 5.74. The molecule has 3 aliphatic rings. The normalized spacial score (nSPS) is 22.7. The minimum Gasteiger partial charge on any atom is -0.390 e. The summed E-state index contributed by atoms with van der Waals surface area (Å²) < 4.78 is 1.62. The van der Waals surface area contributed by atoms with E-state index < -0.39 is 11.1 Å². The summed E-state index contributed by atoms with van der Waals surface area (Å²) in [7, 11) is 0. The molecule has 1 aliphatic heterocycles. The van der Waals surface area contributed by atoms with Crippen molar-refractivity contribution < 1.29 is 14.7 Å². The number of carbonyl (C=O) groups is 2. The Balaban J connectivity index is 1.27. The molecule has 1 saturated carbocycles. The molecule has 2 aliphatic carbocycles. The van der Waals surface area contributed by atoms with E-state index in [2.05, 4.69) is 16.2 Å². The molecule has 1 N–H and O–H groups in total. The first kappa shape index (κ1) is 27.1. The number of rotatable bonds is 4. The minimum atomic E-state index is -0.998. The minimum absolute atomic E-state index is 0.259. The molecule has 45 heavy (non-hydrogen) atoms. The molecule has 2 amide bonds. The van der Waals surface area contributed by atoms with Gasteiger partial charge in [-0.15, -0.1) is 0 Å². The topological polar surface area (TPSA) is 124 Å². The van der Waals surface area contributed by atoms with E-state index in [1.54, 1.807) is 30.6 Å². The van der Waals surface area contributed by atoms with Gasteiger partial charge in [-0.05, 0) is 43.9 Å². The van der Waals surface area contributed by atoms with E-state index in [-0.39, 0.29) is 24.7 Å². The van der Waals surface area contributed by atoms with Gasteiger partial charge in [0.25, 0.3) is 11.8 Å². The maximum Gasteiger partial charge on any atom is 0.262 e. The van der Waals surface area contributed by atoms with Gasteiger partial charge >= 0.3 is 0 Å². The van der Waals surface area contributed by atoms with Gasteiger partial charge in [-0.2, -0.15) is 14.9 Å². The van der Waals surface area contributed by atoms with Crippen LogP contribution in [0.3, 0.4) is 0 Å². The maximum absolute atomic E-state index is 13.6. The summed E-state index contributed by atoms with van der Waals surface area (Å²) in [5, 5.41) is 26.0. The Hall–Kier alpha value is -5.46. The van der Waals surface area contributed by atoms with Gasteiger partial charge in [0.15, 0.2) is 11.3 Å². The lowest BCUT2D eigenvalue weighted by atomic mass is 9.61. The Morgan fingerprint density at radius 3 is 2.42 bits per heavy atom. The number of nitriles is 1. The lowest BCUT2D eigenvalue weighted by molar-refractivity contribution is -0.170. The summed E-state index contributed by atoms with van der Waals surface area (Å²) in [4.78, 5) is 38.3. The zero-order valence-corrected chi connectivity index (χ0v) is 24.8. The van der Waals surface area contributed by atoms with Crippen molar-refractivity contribution in [3.63, 3.8) is 0 Å². The third-order valence-corrected chi connectivity index (χ3v) is 9.33. The molecule has 5 aromatic rings. The van der Waals surface area contributed by atoms with E-state index >= 15 is 0 Å². The molecular weight excluding hydrogens is 564 g/mol. The fourth-order valence-electron chi connectivity index (χ4n) is 7.35. The van der Waals surface area contributed by atoms with Crippen LogP contribution >= 0.6 is 0 Å². The first-order valence-electron chi connectivity index (χ1n) is 15.0. The Bertz CT molecular complexity index is 2200. The highest BCUT2D eigenvalue weighted by Gasteiger charge is 2.61. The predicted octanol–water partition coefficient (Wildman–Crippen LogP) is 5.55. The van der Waals surface area contributed by atoms with Crippen LogP contribution in [0.1, 0.15) is 49.4 Å². The molecule has 3 aromatic heterocycles. The molecule has 1 fully saturated rings. The Morgan fingerprint density at radius 2 is 1.73 bits per heavy atom. The van der Waals surface area contributed by atoms with Gasteiger partial charge in [0.2, 0.25) is 0 Å². The summed E-state index contributed by atoms with van der Waals surface area (Å²) in [6.45, 7) is 3.52. The van der Waals surface area contributed by atoms with Crippen molar-refractivity contribution in [1.82, 2.24) is 24.5 Å². The third kappa shape index (κ3) is 3.92. The van der Waals surface area contributed by atoms with Crippen LogP contribution in [0.5, 0.6) is 0 Å². The summed E-state index contributed by atoms with van der Waals surface area (Å²) in [5.74, 6) is -0.553. The van der Waals surface area contributed by atoms with Gasteiger partial charge in [-0.25, -0.2) is 9.97 Å². The number of hydrogen-bond donors (Lipinski definition) is 1. The van der Waals surface area contributed by atoms with E-state index in [0.717, 1.165) is 34.1 Å². The number of aliphatic hydroxyl groups is 1. The molecule has 0 spiro atoms. The van der Waals surface area contributed by atoms with Crippen LogP contribution in [0, 0.1) is 18.3 Å². The van der Waals surface area contributed by atoms with Crippen LogP contribution in [0.4, 0.5) is 0 Å². The van der Waals surface area contributed by atoms with Crippen molar-refractivity contribution >= 4 is 28.5 Å². The largest absolute Gasteiger partial charge is 0.390 e. The van der Waals surface area contributed by atoms with Crippen molar-refractivity contribution in [2.24, 2.45) is 0 Å². The van der Waals surface area contributed by atoms with E-state index in [4.69, 9.17) is 4.98 Å². The number of imide groups is 1. The lowest BCUT2D eigenvalue weighted by Gasteiger charge is -2.55. The monoisotopic (exact) mass is 592 g/mol. The average molecular weight is 593 g/mol. The van der Waals surface area contributed by atoms with Crippen LogP contribution < -0.4 is 0 Å². The van der Waals surface area contributed by atoms with E-state index in [9.17, 15) is 20.0 Å². The SMILES string of the molecule is Cc1nn2c(ncc3cc(-c4ccccc4)c(-c4ccc(C5(N6C(=O)C7=C(CCC=C7)C6=O)CC(C)(O)C5)cc4)nc32)c1C#N. The van der Waals surface area contributed by atoms with Crippen molar-refractivity contribution in [3.05, 3.63) is 107 Å². The summed E-state index contributed by atoms with van der Waals surface area (Å²) in [5.41, 5.74) is 5.32. The zero-order valence-electron chi connectivity index (χ0n) is 24.8. The second-order valence-electron chi connectivity index (χ2n) is 12.5. The third-order valence-electron chi connectivity index (χ3n) is 9.33. The smallest absolute Gasteiger partial charge is 0.262 e. The molecule has 0 atom stereocenters. The van der Waals surface area contributed by atoms with Gasteiger partial charge in [-0.3, -0.25) is 14.5 Å². The number of aromatic nitrogens is 4. The van der Waals surface area contributed by atoms with Gasteiger partial charge in [-0.1, -0.05) is 66.7 Å². The summed E-state index contributed by atoms with van der Waals surface area (Å²) in [6.07, 6.45) is 7.20. The molecule has 0 bridgehead atoms. The highest BCUT2D eigenvalue weighted by Crippen LogP contribution is 2.55. The molecule has 0 radical (unpaired) electrons. The first-order valence-corrected chi connectivity index (χ1v) is 15.0. The number of benzene rings is 2. The van der Waals surface area contributed by atoms with Crippen LogP contribution in [0.15, 0.2) is 90.2 Å². The van der Waals surface area contributed by atoms with E-state index in [1.807, 2.05) is 66.7 Å². The molecule has 9 heteroatoms. The molecule has 9 nitrogen and oxygen atoms in total. The van der Waals surface area contributed by atoms with E-state index in [0.29, 0.717) is 45.8 Å². The Morgan fingerprint density at radius 1 is 0.978 bits per heavy atom. The molecule has 8 rings (SSSR count). The molecule has 0 saturated heterocycles. The fraction of sp³-hybridized carbons (Fsp3) is 0.222.